The minimum Gasteiger partial charge on any atom is -0.507 e. The maximum atomic E-state index is 12.6. The van der Waals surface area contributed by atoms with Gasteiger partial charge in [0.25, 0.3) is 11.8 Å². The van der Waals surface area contributed by atoms with Crippen LogP contribution in [0.25, 0.3) is 0 Å². The summed E-state index contributed by atoms with van der Waals surface area (Å²) in [6, 6.07) is 5.13. The third-order valence-corrected chi connectivity index (χ3v) is 5.23. The Bertz CT molecular complexity index is 721. The molecule has 0 spiro atoms. The van der Waals surface area contributed by atoms with E-state index in [4.69, 9.17) is 0 Å². The topological polar surface area (TPSA) is 70.0 Å². The molecule has 4 atom stereocenters. The first-order valence-corrected chi connectivity index (χ1v) is 7.96. The number of hydrogen-bond acceptors (Lipinski definition) is 4. The summed E-state index contributed by atoms with van der Waals surface area (Å²) in [7, 11) is 0. The fraction of sp³-hybridized carbons (Fsp3) is 0.389. The van der Waals surface area contributed by atoms with Crippen LogP contribution in [0.15, 0.2) is 35.5 Å². The molecule has 0 radical (unpaired) electrons. The van der Waals surface area contributed by atoms with Gasteiger partial charge in [-0.05, 0) is 43.7 Å². The number of imide groups is 1. The third-order valence-electron chi connectivity index (χ3n) is 5.23. The molecular weight excluding hydrogens is 292 g/mol. The van der Waals surface area contributed by atoms with Crippen molar-refractivity contribution in [3.63, 3.8) is 0 Å². The van der Waals surface area contributed by atoms with Gasteiger partial charge in [0.15, 0.2) is 0 Å². The van der Waals surface area contributed by atoms with Gasteiger partial charge < -0.3 is 5.11 Å². The van der Waals surface area contributed by atoms with Gasteiger partial charge in [0.1, 0.15) is 5.75 Å². The smallest absolute Gasteiger partial charge is 0.254 e. The predicted molar refractivity (Wildman–Crippen MR) is 84.6 cm³/mol. The van der Waals surface area contributed by atoms with Crippen LogP contribution in [0.4, 0.5) is 0 Å². The molecule has 4 aliphatic rings. The molecule has 1 heterocycles. The van der Waals surface area contributed by atoms with Gasteiger partial charge in [-0.2, -0.15) is 10.1 Å². The van der Waals surface area contributed by atoms with Gasteiger partial charge in [0.05, 0.1) is 18.1 Å². The SMILES string of the molecule is Cc1ccc(O)c(/C=N/N2C(=O)C3C4C=CC(CC4)C3C2=O)c1. The molecular formula is C18H18N2O3. The number of hydrazone groups is 1. The maximum Gasteiger partial charge on any atom is 0.254 e. The Balaban J connectivity index is 1.63. The first-order chi connectivity index (χ1) is 11.1. The molecule has 4 unspecified atom stereocenters. The van der Waals surface area contributed by atoms with Crippen molar-refractivity contribution in [3.8, 4) is 5.75 Å². The highest BCUT2D eigenvalue weighted by Crippen LogP contribution is 2.49. The average Bonchev–Trinajstić information content (AvgIpc) is 2.83. The van der Waals surface area contributed by atoms with E-state index in [1.165, 1.54) is 6.21 Å². The number of aromatic hydroxyl groups is 1. The Kier molecular flexibility index (Phi) is 3.11. The zero-order valence-electron chi connectivity index (χ0n) is 12.8. The highest BCUT2D eigenvalue weighted by molar-refractivity contribution is 6.06. The van der Waals surface area contributed by atoms with Gasteiger partial charge >= 0.3 is 0 Å². The van der Waals surface area contributed by atoms with Crippen LogP contribution in [0.1, 0.15) is 24.0 Å². The summed E-state index contributed by atoms with van der Waals surface area (Å²) in [5.41, 5.74) is 1.47. The van der Waals surface area contributed by atoms with E-state index in [0.717, 1.165) is 23.4 Å². The van der Waals surface area contributed by atoms with Gasteiger partial charge in [-0.3, -0.25) is 9.59 Å². The van der Waals surface area contributed by atoms with Crippen molar-refractivity contribution in [1.82, 2.24) is 5.01 Å². The van der Waals surface area contributed by atoms with Crippen LogP contribution in [0, 0.1) is 30.6 Å². The van der Waals surface area contributed by atoms with E-state index >= 15 is 0 Å². The number of benzene rings is 1. The molecule has 2 bridgehead atoms. The summed E-state index contributed by atoms with van der Waals surface area (Å²) in [6.07, 6.45) is 7.50. The minimum atomic E-state index is -0.255. The molecule has 1 N–H and O–H groups in total. The Hall–Kier alpha value is -2.43. The molecule has 2 amide bonds. The highest BCUT2D eigenvalue weighted by atomic mass is 16.3. The number of phenols is 1. The molecule has 1 aromatic carbocycles. The number of fused-ring (bicyclic) bond motifs is 1. The average molecular weight is 310 g/mol. The molecule has 118 valence electrons. The molecule has 2 fully saturated rings. The first-order valence-electron chi connectivity index (χ1n) is 7.96. The second kappa shape index (κ2) is 5.05. The first kappa shape index (κ1) is 14.2. The van der Waals surface area contributed by atoms with Gasteiger partial charge in [-0.1, -0.05) is 23.8 Å². The van der Waals surface area contributed by atoms with Crippen molar-refractivity contribution in [2.45, 2.75) is 19.8 Å². The monoisotopic (exact) mass is 310 g/mol. The number of carbonyl (C=O) groups excluding carboxylic acids is 2. The lowest BCUT2D eigenvalue weighted by Gasteiger charge is -2.37. The van der Waals surface area contributed by atoms with Crippen molar-refractivity contribution >= 4 is 18.0 Å². The van der Waals surface area contributed by atoms with Gasteiger partial charge in [-0.25, -0.2) is 0 Å². The zero-order chi connectivity index (χ0) is 16.1. The quantitative estimate of drug-likeness (QED) is 0.517. The van der Waals surface area contributed by atoms with Crippen LogP contribution < -0.4 is 0 Å². The largest absolute Gasteiger partial charge is 0.507 e. The lowest BCUT2D eigenvalue weighted by atomic mass is 9.63. The van der Waals surface area contributed by atoms with Crippen LogP contribution in [0.5, 0.6) is 5.75 Å². The molecule has 1 aliphatic heterocycles. The number of allylic oxidation sites excluding steroid dienone is 2. The van der Waals surface area contributed by atoms with Crippen LogP contribution >= 0.6 is 0 Å². The van der Waals surface area contributed by atoms with E-state index in [-0.39, 0.29) is 41.2 Å². The number of hydrogen-bond donors (Lipinski definition) is 1. The van der Waals surface area contributed by atoms with Crippen molar-refractivity contribution in [2.75, 3.05) is 0 Å². The van der Waals surface area contributed by atoms with Crippen molar-refractivity contribution < 1.29 is 14.7 Å². The Morgan fingerprint density at radius 3 is 2.30 bits per heavy atom. The number of amides is 2. The normalized spacial score (nSPS) is 32.1. The lowest BCUT2D eigenvalue weighted by molar-refractivity contribution is -0.140. The van der Waals surface area contributed by atoms with E-state index < -0.39 is 0 Å². The van der Waals surface area contributed by atoms with Crippen LogP contribution in [-0.2, 0) is 9.59 Å². The fourth-order valence-electron chi connectivity index (χ4n) is 4.07. The maximum absolute atomic E-state index is 12.6. The van der Waals surface area contributed by atoms with Crippen molar-refractivity contribution in [2.24, 2.45) is 28.8 Å². The molecule has 5 nitrogen and oxygen atoms in total. The van der Waals surface area contributed by atoms with Gasteiger partial charge in [0.2, 0.25) is 0 Å². The summed E-state index contributed by atoms with van der Waals surface area (Å²) in [5, 5.41) is 15.0. The summed E-state index contributed by atoms with van der Waals surface area (Å²) < 4.78 is 0. The molecule has 0 aromatic heterocycles. The van der Waals surface area contributed by atoms with E-state index in [1.807, 2.05) is 6.92 Å². The number of aryl methyl sites for hydroxylation is 1. The van der Waals surface area contributed by atoms with Crippen LogP contribution in [0.3, 0.4) is 0 Å². The van der Waals surface area contributed by atoms with Crippen LogP contribution in [-0.4, -0.2) is 28.1 Å². The summed E-state index contributed by atoms with van der Waals surface area (Å²) in [4.78, 5) is 25.2. The molecule has 5 heteroatoms. The van der Waals surface area contributed by atoms with E-state index in [0.29, 0.717) is 5.56 Å². The second-order valence-electron chi connectivity index (χ2n) is 6.64. The molecule has 1 saturated heterocycles. The minimum absolute atomic E-state index is 0.0811. The van der Waals surface area contributed by atoms with Crippen molar-refractivity contribution in [1.29, 1.82) is 0 Å². The summed E-state index contributed by atoms with van der Waals surface area (Å²) in [6.45, 7) is 1.90. The lowest BCUT2D eigenvalue weighted by Crippen LogP contribution is -2.38. The summed E-state index contributed by atoms with van der Waals surface area (Å²) >= 11 is 0. The Morgan fingerprint density at radius 1 is 1.13 bits per heavy atom. The number of rotatable bonds is 2. The van der Waals surface area contributed by atoms with E-state index in [1.54, 1.807) is 18.2 Å². The molecule has 1 aromatic rings. The molecule has 1 saturated carbocycles. The Morgan fingerprint density at radius 2 is 1.74 bits per heavy atom. The predicted octanol–water partition coefficient (Wildman–Crippen LogP) is 2.23. The molecule has 5 rings (SSSR count). The van der Waals surface area contributed by atoms with Crippen molar-refractivity contribution in [3.05, 3.63) is 41.5 Å². The van der Waals surface area contributed by atoms with Gasteiger partial charge in [0, 0.05) is 5.56 Å². The molecule has 23 heavy (non-hydrogen) atoms. The Labute approximate surface area is 134 Å². The third kappa shape index (κ3) is 2.11. The summed E-state index contributed by atoms with van der Waals surface area (Å²) in [5.74, 6) is -0.519. The van der Waals surface area contributed by atoms with E-state index in [2.05, 4.69) is 17.3 Å². The highest BCUT2D eigenvalue weighted by Gasteiger charge is 2.56. The zero-order valence-corrected chi connectivity index (χ0v) is 12.8. The molecule has 3 aliphatic carbocycles. The number of phenolic OH excluding ortho intramolecular Hbond substituents is 1. The second-order valence-corrected chi connectivity index (χ2v) is 6.64. The number of nitrogens with zero attached hydrogens (tertiary/aromatic N) is 2. The number of carbonyl (C=O) groups is 2. The van der Waals surface area contributed by atoms with Crippen LogP contribution in [0.2, 0.25) is 0 Å². The standard InChI is InChI=1S/C18H18N2O3/c1-10-2-7-14(21)13(8-10)9-19-20-17(22)15-11-3-4-12(6-5-11)16(15)18(20)23/h2-4,7-9,11-12,15-16,21H,5-6H2,1H3/b19-9+. The fourth-order valence-corrected chi connectivity index (χ4v) is 4.07. The van der Waals surface area contributed by atoms with Gasteiger partial charge in [-0.15, -0.1) is 0 Å². The van der Waals surface area contributed by atoms with E-state index in [9.17, 15) is 14.7 Å².